The molecule has 152 valence electrons. The first-order valence-electron chi connectivity index (χ1n) is 9.73. The largest absolute Gasteiger partial charge is 0.494 e. The lowest BCUT2D eigenvalue weighted by Crippen LogP contribution is -2.50. The maximum absolute atomic E-state index is 12.5. The normalized spacial score (nSPS) is 16.3. The second-order valence-electron chi connectivity index (χ2n) is 7.43. The van der Waals surface area contributed by atoms with Crippen LogP contribution >= 0.6 is 23.2 Å². The molecule has 1 amide bonds. The van der Waals surface area contributed by atoms with Gasteiger partial charge in [0.05, 0.1) is 23.2 Å². The molecule has 1 heterocycles. The van der Waals surface area contributed by atoms with Crippen molar-refractivity contribution >= 4 is 40.6 Å². The quantitative estimate of drug-likeness (QED) is 0.651. The summed E-state index contributed by atoms with van der Waals surface area (Å²) >= 11 is 12.1. The van der Waals surface area contributed by atoms with E-state index in [1.54, 1.807) is 12.1 Å². The molecule has 0 unspecified atom stereocenters. The van der Waals surface area contributed by atoms with Gasteiger partial charge in [0, 0.05) is 38.2 Å². The van der Waals surface area contributed by atoms with Crippen molar-refractivity contribution in [3.63, 3.8) is 0 Å². The van der Waals surface area contributed by atoms with Gasteiger partial charge < -0.3 is 14.5 Å². The number of fused-ring (bicyclic) bond motifs is 1. The third-order valence-corrected chi connectivity index (χ3v) is 6.12. The summed E-state index contributed by atoms with van der Waals surface area (Å²) in [6, 6.07) is 11.3. The Morgan fingerprint density at radius 1 is 0.931 bits per heavy atom. The fourth-order valence-electron chi connectivity index (χ4n) is 3.81. The number of Topliss-reactive ketones (excluding diaryl/α,β-unsaturated/α-hetero) is 1. The van der Waals surface area contributed by atoms with Crippen LogP contribution in [0.1, 0.15) is 17.5 Å². The van der Waals surface area contributed by atoms with Gasteiger partial charge in [-0.3, -0.25) is 9.59 Å². The minimum Gasteiger partial charge on any atom is -0.494 e. The van der Waals surface area contributed by atoms with Crippen LogP contribution in [0.15, 0.2) is 36.4 Å². The number of hydrogen-bond acceptors (Lipinski definition) is 4. The first-order valence-corrected chi connectivity index (χ1v) is 10.5. The average molecular weight is 433 g/mol. The van der Waals surface area contributed by atoms with Crippen LogP contribution in [0.5, 0.6) is 5.75 Å². The van der Waals surface area contributed by atoms with E-state index in [1.807, 2.05) is 34.1 Å². The zero-order chi connectivity index (χ0) is 20.4. The molecule has 29 heavy (non-hydrogen) atoms. The fourth-order valence-corrected chi connectivity index (χ4v) is 4.10. The number of piperazine rings is 1. The molecule has 1 aliphatic carbocycles. The van der Waals surface area contributed by atoms with Crippen LogP contribution in [0.25, 0.3) is 0 Å². The number of carbonyl (C=O) groups excluding carboxylic acids is 2. The van der Waals surface area contributed by atoms with Crippen LogP contribution in [0.4, 0.5) is 5.69 Å². The summed E-state index contributed by atoms with van der Waals surface area (Å²) < 4.78 is 5.82. The molecule has 2 aromatic rings. The van der Waals surface area contributed by atoms with Crippen LogP contribution in [0, 0.1) is 0 Å². The molecule has 7 heteroatoms. The summed E-state index contributed by atoms with van der Waals surface area (Å²) in [6.45, 7) is 2.95. The lowest BCUT2D eigenvalue weighted by molar-refractivity contribution is -0.131. The number of amides is 1. The molecule has 5 nitrogen and oxygen atoms in total. The van der Waals surface area contributed by atoms with Crippen molar-refractivity contribution in [2.24, 2.45) is 0 Å². The van der Waals surface area contributed by atoms with E-state index < -0.39 is 0 Å². The summed E-state index contributed by atoms with van der Waals surface area (Å²) in [4.78, 5) is 27.9. The molecular formula is C22H22Cl2N2O3. The maximum atomic E-state index is 12.5. The van der Waals surface area contributed by atoms with Crippen LogP contribution < -0.4 is 9.64 Å². The molecule has 0 spiro atoms. The number of anilines is 1. The van der Waals surface area contributed by atoms with Gasteiger partial charge in [0.25, 0.3) is 0 Å². The molecule has 2 aliphatic rings. The van der Waals surface area contributed by atoms with E-state index in [0.717, 1.165) is 35.5 Å². The van der Waals surface area contributed by atoms with Gasteiger partial charge >= 0.3 is 0 Å². The summed E-state index contributed by atoms with van der Waals surface area (Å²) in [5.74, 6) is 1.14. The number of ketones is 1. The molecule has 0 aromatic heterocycles. The average Bonchev–Trinajstić information content (AvgIpc) is 3.07. The van der Waals surface area contributed by atoms with Crippen molar-refractivity contribution in [1.29, 1.82) is 0 Å². The Balaban J connectivity index is 1.23. The molecule has 0 bridgehead atoms. The molecule has 0 radical (unpaired) electrons. The molecule has 0 N–H and O–H groups in total. The van der Waals surface area contributed by atoms with Crippen LogP contribution in [0.3, 0.4) is 0 Å². The van der Waals surface area contributed by atoms with Crippen molar-refractivity contribution in [1.82, 2.24) is 4.90 Å². The highest BCUT2D eigenvalue weighted by molar-refractivity contribution is 6.42. The molecule has 1 fully saturated rings. The molecular weight excluding hydrogens is 411 g/mol. The van der Waals surface area contributed by atoms with E-state index in [1.165, 1.54) is 0 Å². The van der Waals surface area contributed by atoms with Gasteiger partial charge in [0.1, 0.15) is 11.5 Å². The van der Waals surface area contributed by atoms with Gasteiger partial charge in [-0.25, -0.2) is 0 Å². The number of hydrogen-bond donors (Lipinski definition) is 0. The van der Waals surface area contributed by atoms with Gasteiger partial charge in [0.15, 0.2) is 0 Å². The fraction of sp³-hybridized carbons (Fsp3) is 0.364. The Kier molecular flexibility index (Phi) is 5.97. The van der Waals surface area contributed by atoms with Crippen molar-refractivity contribution < 1.29 is 14.3 Å². The Labute approximate surface area is 180 Å². The number of rotatable bonds is 6. The zero-order valence-electron chi connectivity index (χ0n) is 16.0. The SMILES string of the molecule is O=C1Cc2ccc(OCCCN3CCN(c4ccc(Cl)c(Cl)c4)CC3=O)cc2C1. The molecule has 2 aromatic carbocycles. The maximum Gasteiger partial charge on any atom is 0.242 e. The highest BCUT2D eigenvalue weighted by Crippen LogP contribution is 2.28. The standard InChI is InChI=1S/C22H22Cl2N2O3/c23-20-5-3-17(13-21(20)24)26-8-7-25(22(28)14-26)6-1-9-29-19-4-2-15-10-18(27)11-16(15)12-19/h2-5,12-13H,1,6-11,14H2. The van der Waals surface area contributed by atoms with Crippen LogP contribution in [-0.4, -0.2) is 49.4 Å². The van der Waals surface area contributed by atoms with E-state index in [2.05, 4.69) is 0 Å². The van der Waals surface area contributed by atoms with Gasteiger partial charge in [-0.2, -0.15) is 0 Å². The smallest absolute Gasteiger partial charge is 0.242 e. The van der Waals surface area contributed by atoms with E-state index in [0.29, 0.717) is 49.1 Å². The third-order valence-electron chi connectivity index (χ3n) is 5.38. The Bertz CT molecular complexity index is 948. The van der Waals surface area contributed by atoms with E-state index >= 15 is 0 Å². The predicted molar refractivity (Wildman–Crippen MR) is 114 cm³/mol. The topological polar surface area (TPSA) is 49.9 Å². The first kappa shape index (κ1) is 20.0. The predicted octanol–water partition coefficient (Wildman–Crippen LogP) is 3.78. The minimum absolute atomic E-state index is 0.0957. The monoisotopic (exact) mass is 432 g/mol. The van der Waals surface area contributed by atoms with E-state index in [4.69, 9.17) is 27.9 Å². The molecule has 0 atom stereocenters. The lowest BCUT2D eigenvalue weighted by Gasteiger charge is -2.35. The highest BCUT2D eigenvalue weighted by Gasteiger charge is 2.24. The van der Waals surface area contributed by atoms with Crippen molar-refractivity contribution in [3.05, 3.63) is 57.6 Å². The number of benzene rings is 2. The first-order chi connectivity index (χ1) is 14.0. The van der Waals surface area contributed by atoms with Gasteiger partial charge in [0.2, 0.25) is 5.91 Å². The van der Waals surface area contributed by atoms with Gasteiger partial charge in [-0.1, -0.05) is 29.3 Å². The molecule has 4 rings (SSSR count). The number of nitrogens with zero attached hydrogens (tertiary/aromatic N) is 2. The number of ether oxygens (including phenoxy) is 1. The van der Waals surface area contributed by atoms with Crippen LogP contribution in [0.2, 0.25) is 10.0 Å². The van der Waals surface area contributed by atoms with Crippen molar-refractivity contribution in [2.45, 2.75) is 19.3 Å². The van der Waals surface area contributed by atoms with Gasteiger partial charge in [-0.05, 0) is 47.9 Å². The number of carbonyl (C=O) groups is 2. The van der Waals surface area contributed by atoms with E-state index in [-0.39, 0.29) is 11.7 Å². The third kappa shape index (κ3) is 4.68. The van der Waals surface area contributed by atoms with Crippen molar-refractivity contribution in [2.75, 3.05) is 37.7 Å². The highest BCUT2D eigenvalue weighted by atomic mass is 35.5. The van der Waals surface area contributed by atoms with Crippen molar-refractivity contribution in [3.8, 4) is 5.75 Å². The Hall–Kier alpha value is -2.24. The molecule has 0 saturated carbocycles. The van der Waals surface area contributed by atoms with E-state index in [9.17, 15) is 9.59 Å². The summed E-state index contributed by atoms with van der Waals surface area (Å²) in [6.07, 6.45) is 1.80. The minimum atomic E-state index is 0.0957. The number of halogens is 2. The lowest BCUT2D eigenvalue weighted by atomic mass is 10.1. The summed E-state index contributed by atoms with van der Waals surface area (Å²) in [5, 5.41) is 1.00. The summed E-state index contributed by atoms with van der Waals surface area (Å²) in [5.41, 5.74) is 3.08. The molecule has 1 aliphatic heterocycles. The summed E-state index contributed by atoms with van der Waals surface area (Å²) in [7, 11) is 0. The second kappa shape index (κ2) is 8.64. The van der Waals surface area contributed by atoms with Gasteiger partial charge in [-0.15, -0.1) is 0 Å². The zero-order valence-corrected chi connectivity index (χ0v) is 17.5. The Morgan fingerprint density at radius 2 is 1.76 bits per heavy atom. The Morgan fingerprint density at radius 3 is 2.55 bits per heavy atom. The second-order valence-corrected chi connectivity index (χ2v) is 8.24. The molecule has 1 saturated heterocycles. The van der Waals surface area contributed by atoms with Crippen LogP contribution in [-0.2, 0) is 22.4 Å².